The molecule has 0 saturated carbocycles. The highest BCUT2D eigenvalue weighted by Gasteiger charge is 2.38. The fourth-order valence-electron chi connectivity index (χ4n) is 6.50. The third-order valence-electron chi connectivity index (χ3n) is 8.64. The molecule has 0 spiro atoms. The van der Waals surface area contributed by atoms with Crippen molar-refractivity contribution in [2.75, 3.05) is 24.4 Å². The first-order chi connectivity index (χ1) is 19.8. The van der Waals surface area contributed by atoms with Gasteiger partial charge < -0.3 is 4.74 Å². The first kappa shape index (κ1) is 30.5. The van der Waals surface area contributed by atoms with Crippen LogP contribution in [0.1, 0.15) is 76.5 Å². The minimum atomic E-state index is -3.92. The molecule has 1 aromatic heterocycles. The number of rotatable bonds is 5. The number of likely N-dealkylation sites (tertiary alicyclic amines) is 1. The maximum Gasteiger partial charge on any atom is 0.264 e. The summed E-state index contributed by atoms with van der Waals surface area (Å²) in [5, 5.41) is 0. The summed E-state index contributed by atoms with van der Waals surface area (Å²) in [6, 6.07) is 15.4. The lowest BCUT2D eigenvalue weighted by Crippen LogP contribution is -2.40. The molecule has 3 heterocycles. The first-order valence-corrected chi connectivity index (χ1v) is 16.7. The van der Waals surface area contributed by atoms with Gasteiger partial charge in [-0.25, -0.2) is 18.1 Å². The zero-order valence-corrected chi connectivity index (χ0v) is 27.0. The lowest BCUT2D eigenvalue weighted by molar-refractivity contribution is 0.0771. The van der Waals surface area contributed by atoms with Crippen LogP contribution in [-0.4, -0.2) is 49.0 Å². The van der Waals surface area contributed by atoms with Gasteiger partial charge in [-0.3, -0.25) is 4.90 Å². The molecule has 1 fully saturated rings. The summed E-state index contributed by atoms with van der Waals surface area (Å²) in [4.78, 5) is 12.1. The summed E-state index contributed by atoms with van der Waals surface area (Å²) in [5.41, 5.74) is 5.01. The van der Waals surface area contributed by atoms with E-state index in [9.17, 15) is 8.42 Å². The van der Waals surface area contributed by atoms with Crippen molar-refractivity contribution < 1.29 is 13.2 Å². The molecule has 226 valence electrons. The zero-order chi connectivity index (χ0) is 30.2. The summed E-state index contributed by atoms with van der Waals surface area (Å²) < 4.78 is 36.9. The van der Waals surface area contributed by atoms with Crippen molar-refractivity contribution in [3.05, 3.63) is 65.2 Å². The second kappa shape index (κ2) is 12.0. The van der Waals surface area contributed by atoms with Gasteiger partial charge in [0.15, 0.2) is 0 Å². The van der Waals surface area contributed by atoms with E-state index in [1.807, 2.05) is 50.2 Å². The Kier molecular flexibility index (Phi) is 8.68. The summed E-state index contributed by atoms with van der Waals surface area (Å²) in [7, 11) is -3.92. The largest absolute Gasteiger partial charge is 0.473 e. The van der Waals surface area contributed by atoms with Gasteiger partial charge in [-0.1, -0.05) is 65.0 Å². The predicted octanol–water partition coefficient (Wildman–Crippen LogP) is 7.21. The van der Waals surface area contributed by atoms with Gasteiger partial charge in [0.1, 0.15) is 6.10 Å². The Hall–Kier alpha value is -2.97. The number of benzene rings is 2. The van der Waals surface area contributed by atoms with Crippen molar-refractivity contribution in [1.82, 2.24) is 14.9 Å². The highest BCUT2D eigenvalue weighted by Crippen LogP contribution is 2.41. The molecule has 2 aromatic carbocycles. The van der Waals surface area contributed by atoms with E-state index in [2.05, 4.69) is 55.3 Å². The molecule has 5 rings (SSSR count). The second-order valence-corrected chi connectivity index (χ2v) is 15.5. The van der Waals surface area contributed by atoms with Gasteiger partial charge in [-0.05, 0) is 92.3 Å². The highest BCUT2D eigenvalue weighted by molar-refractivity contribution is 7.92. The smallest absolute Gasteiger partial charge is 0.264 e. The Morgan fingerprint density at radius 1 is 1.05 bits per heavy atom. The van der Waals surface area contributed by atoms with Crippen LogP contribution >= 0.6 is 0 Å². The molecule has 3 atom stereocenters. The van der Waals surface area contributed by atoms with Crippen LogP contribution in [0.2, 0.25) is 0 Å². The van der Waals surface area contributed by atoms with Gasteiger partial charge in [0, 0.05) is 24.1 Å². The minimum Gasteiger partial charge on any atom is -0.473 e. The first-order valence-electron chi connectivity index (χ1n) is 15.3. The molecule has 0 radical (unpaired) electrons. The molecule has 3 aromatic rings. The zero-order valence-electron chi connectivity index (χ0n) is 26.1. The quantitative estimate of drug-likeness (QED) is 0.338. The summed E-state index contributed by atoms with van der Waals surface area (Å²) >= 11 is 0. The molecule has 0 aliphatic carbocycles. The van der Waals surface area contributed by atoms with Crippen LogP contribution < -0.4 is 9.46 Å². The Labute approximate surface area is 252 Å². The monoisotopic (exact) mass is 590 g/mol. The lowest BCUT2D eigenvalue weighted by atomic mass is 9.77. The normalized spacial score (nSPS) is 22.3. The molecular formula is C34H46N4O3S. The van der Waals surface area contributed by atoms with Crippen LogP contribution in [0.5, 0.6) is 5.88 Å². The van der Waals surface area contributed by atoms with E-state index in [1.165, 1.54) is 0 Å². The Morgan fingerprint density at radius 2 is 1.76 bits per heavy atom. The molecule has 1 unspecified atom stereocenters. The lowest BCUT2D eigenvalue weighted by Gasteiger charge is -2.34. The Balaban J connectivity index is 1.68. The summed E-state index contributed by atoms with van der Waals surface area (Å²) in [5.74, 6) is 1.23. The molecule has 8 heteroatoms. The van der Waals surface area contributed by atoms with Crippen LogP contribution in [0.3, 0.4) is 0 Å². The molecule has 2 aliphatic heterocycles. The van der Waals surface area contributed by atoms with E-state index in [1.54, 1.807) is 6.07 Å². The summed E-state index contributed by atoms with van der Waals surface area (Å²) in [6.07, 6.45) is 2.89. The number of fused-ring (bicyclic) bond motifs is 7. The van der Waals surface area contributed by atoms with E-state index < -0.39 is 10.0 Å². The molecule has 6 bridgehead atoms. The van der Waals surface area contributed by atoms with E-state index in [0.717, 1.165) is 61.2 Å². The van der Waals surface area contributed by atoms with Crippen molar-refractivity contribution in [1.29, 1.82) is 0 Å². The van der Waals surface area contributed by atoms with Crippen molar-refractivity contribution in [3.8, 4) is 17.1 Å². The van der Waals surface area contributed by atoms with Gasteiger partial charge in [0.25, 0.3) is 10.0 Å². The number of nitrogens with zero attached hydrogens (tertiary/aromatic N) is 3. The van der Waals surface area contributed by atoms with Gasteiger partial charge in [-0.2, -0.15) is 4.98 Å². The minimum absolute atomic E-state index is 0.0197. The van der Waals surface area contributed by atoms with Crippen molar-refractivity contribution in [2.24, 2.45) is 17.3 Å². The third-order valence-corrected chi connectivity index (χ3v) is 9.97. The maximum atomic E-state index is 13.7. The second-order valence-electron chi connectivity index (χ2n) is 13.8. The Bertz CT molecular complexity index is 1510. The fourth-order valence-corrected chi connectivity index (χ4v) is 7.49. The molecular weight excluding hydrogens is 544 g/mol. The third kappa shape index (κ3) is 6.97. The van der Waals surface area contributed by atoms with Gasteiger partial charge in [0.2, 0.25) is 11.8 Å². The number of ether oxygens (including phenoxy) is 1. The van der Waals surface area contributed by atoms with E-state index in [4.69, 9.17) is 9.72 Å². The maximum absolute atomic E-state index is 13.7. The van der Waals surface area contributed by atoms with Crippen molar-refractivity contribution in [2.45, 2.75) is 84.6 Å². The molecule has 1 N–H and O–H groups in total. The van der Waals surface area contributed by atoms with E-state index in [0.29, 0.717) is 17.5 Å². The van der Waals surface area contributed by atoms with E-state index >= 15 is 0 Å². The number of anilines is 1. The molecule has 0 amide bonds. The molecule has 42 heavy (non-hydrogen) atoms. The number of aryl methyl sites for hydroxylation is 2. The predicted molar refractivity (Wildman–Crippen MR) is 169 cm³/mol. The average molecular weight is 591 g/mol. The molecule has 2 aliphatic rings. The fraction of sp³-hybridized carbons (Fsp3) is 0.529. The van der Waals surface area contributed by atoms with E-state index in [-0.39, 0.29) is 34.2 Å². The van der Waals surface area contributed by atoms with Gasteiger partial charge in [0.05, 0.1) is 10.6 Å². The summed E-state index contributed by atoms with van der Waals surface area (Å²) in [6.45, 7) is 18.2. The number of aromatic nitrogens is 2. The SMILES string of the molecule is Cc1cccc(C)c1-c1cc2nc(n1)NS(=O)(=O)c1cccc(c1)C1CCN(CCC(C)(C)C)C[C@@H](O2)[C@H]1CC(C)C. The number of hydrogen-bond donors (Lipinski definition) is 1. The number of sulfonamides is 1. The number of hydrogen-bond acceptors (Lipinski definition) is 6. The van der Waals surface area contributed by atoms with Crippen LogP contribution in [0, 0.1) is 31.1 Å². The van der Waals surface area contributed by atoms with Crippen molar-refractivity contribution in [3.63, 3.8) is 0 Å². The van der Waals surface area contributed by atoms with Crippen molar-refractivity contribution >= 4 is 16.0 Å². The van der Waals surface area contributed by atoms with Crippen LogP contribution in [0.25, 0.3) is 11.3 Å². The standard InChI is InChI=1S/C34H46N4O3S/c1-22(2)18-28-27-14-16-38(17-15-34(5,6)7)21-30(28)41-31-20-29(32-23(3)10-8-11-24(32)4)35-33(36-31)37-42(39,40)26-13-9-12-25(27)19-26/h8-13,19-20,22,27-28,30H,14-18,21H2,1-7H3,(H,35,36,37)/t27?,28-,30+/m0/s1. The van der Waals surface area contributed by atoms with Gasteiger partial charge >= 0.3 is 0 Å². The number of nitrogens with one attached hydrogen (secondary N) is 1. The molecule has 1 saturated heterocycles. The Morgan fingerprint density at radius 3 is 2.45 bits per heavy atom. The highest BCUT2D eigenvalue weighted by atomic mass is 32.2. The van der Waals surface area contributed by atoms with Gasteiger partial charge in [-0.15, -0.1) is 0 Å². The van der Waals surface area contributed by atoms with Crippen LogP contribution in [0.15, 0.2) is 53.4 Å². The van der Waals surface area contributed by atoms with Crippen LogP contribution in [-0.2, 0) is 10.0 Å². The average Bonchev–Trinajstić information content (AvgIpc) is 3.05. The van der Waals surface area contributed by atoms with Crippen LogP contribution in [0.4, 0.5) is 5.95 Å². The topological polar surface area (TPSA) is 84.4 Å². The molecule has 7 nitrogen and oxygen atoms in total.